The standard InChI is InChI=1S/C20H33N3O3.HI/c1-5-21-19(23-13-20(4)14-24-15-20)22-11-10-16-8-9-17(25-6-2)18(12-16)26-7-3;/h8-9,12H,5-7,10-11,13-15H2,1-4H3,(H2,21,22,23);1H. The molecule has 0 spiro atoms. The van der Waals surface area contributed by atoms with Crippen LogP contribution in [0.5, 0.6) is 11.5 Å². The lowest BCUT2D eigenvalue weighted by atomic mass is 9.89. The molecule has 2 N–H and O–H groups in total. The van der Waals surface area contributed by atoms with Gasteiger partial charge in [-0.05, 0) is 44.9 Å². The van der Waals surface area contributed by atoms with Crippen LogP contribution in [0.15, 0.2) is 23.2 Å². The van der Waals surface area contributed by atoms with Crippen LogP contribution >= 0.6 is 24.0 Å². The minimum atomic E-state index is 0. The first kappa shape index (κ1) is 23.8. The van der Waals surface area contributed by atoms with Crippen LogP contribution in [0.4, 0.5) is 0 Å². The van der Waals surface area contributed by atoms with Crippen LogP contribution in [0.3, 0.4) is 0 Å². The molecule has 0 radical (unpaired) electrons. The van der Waals surface area contributed by atoms with Crippen LogP contribution in [0.25, 0.3) is 0 Å². The molecule has 6 nitrogen and oxygen atoms in total. The molecule has 0 bridgehead atoms. The molecule has 1 aliphatic heterocycles. The summed E-state index contributed by atoms with van der Waals surface area (Å²) >= 11 is 0. The normalized spacial score (nSPS) is 15.3. The van der Waals surface area contributed by atoms with Crippen molar-refractivity contribution in [2.24, 2.45) is 10.4 Å². The predicted molar refractivity (Wildman–Crippen MR) is 121 cm³/mol. The maximum Gasteiger partial charge on any atom is 0.191 e. The number of halogens is 1. The van der Waals surface area contributed by atoms with Gasteiger partial charge in [0.25, 0.3) is 0 Å². The van der Waals surface area contributed by atoms with Gasteiger partial charge in [-0.2, -0.15) is 0 Å². The quantitative estimate of drug-likeness (QED) is 0.299. The van der Waals surface area contributed by atoms with Gasteiger partial charge in [0.1, 0.15) is 0 Å². The molecule has 0 aliphatic carbocycles. The first-order valence-corrected chi connectivity index (χ1v) is 9.58. The van der Waals surface area contributed by atoms with E-state index in [2.05, 4.69) is 36.6 Å². The van der Waals surface area contributed by atoms with Gasteiger partial charge in [0.2, 0.25) is 0 Å². The number of nitrogens with one attached hydrogen (secondary N) is 2. The van der Waals surface area contributed by atoms with E-state index in [0.717, 1.165) is 56.7 Å². The summed E-state index contributed by atoms with van der Waals surface area (Å²) in [5.74, 6) is 2.47. The summed E-state index contributed by atoms with van der Waals surface area (Å²) in [6, 6.07) is 6.14. The minimum Gasteiger partial charge on any atom is -0.490 e. The zero-order chi connectivity index (χ0) is 18.8. The Bertz CT molecular complexity index is 592. The van der Waals surface area contributed by atoms with E-state index in [1.165, 1.54) is 5.56 Å². The maximum atomic E-state index is 5.70. The fourth-order valence-electron chi connectivity index (χ4n) is 2.73. The van der Waals surface area contributed by atoms with Crippen molar-refractivity contribution in [2.75, 3.05) is 46.1 Å². The molecule has 0 aromatic heterocycles. The number of aliphatic imine (C=N–C) groups is 1. The molecule has 0 amide bonds. The highest BCUT2D eigenvalue weighted by atomic mass is 127. The van der Waals surface area contributed by atoms with E-state index in [9.17, 15) is 0 Å². The maximum absolute atomic E-state index is 5.70. The number of nitrogens with zero attached hydrogens (tertiary/aromatic N) is 1. The van der Waals surface area contributed by atoms with E-state index in [-0.39, 0.29) is 29.4 Å². The second-order valence-corrected chi connectivity index (χ2v) is 6.82. The van der Waals surface area contributed by atoms with Gasteiger partial charge in [-0.15, -0.1) is 24.0 Å². The largest absolute Gasteiger partial charge is 0.490 e. The summed E-state index contributed by atoms with van der Waals surface area (Å²) in [5.41, 5.74) is 1.39. The summed E-state index contributed by atoms with van der Waals surface area (Å²) in [7, 11) is 0. The fourth-order valence-corrected chi connectivity index (χ4v) is 2.73. The molecule has 1 fully saturated rings. The Morgan fingerprint density at radius 3 is 2.41 bits per heavy atom. The van der Waals surface area contributed by atoms with Gasteiger partial charge in [-0.25, -0.2) is 0 Å². The second-order valence-electron chi connectivity index (χ2n) is 6.82. The third-order valence-corrected chi connectivity index (χ3v) is 4.18. The monoisotopic (exact) mass is 491 g/mol. The van der Waals surface area contributed by atoms with Crippen LogP contribution in [-0.2, 0) is 11.2 Å². The Morgan fingerprint density at radius 2 is 1.81 bits per heavy atom. The Morgan fingerprint density at radius 1 is 1.11 bits per heavy atom. The molecule has 0 unspecified atom stereocenters. The Balaban J connectivity index is 0.00000364. The average Bonchev–Trinajstić information content (AvgIpc) is 2.60. The molecule has 0 atom stereocenters. The minimum absolute atomic E-state index is 0. The number of guanidine groups is 1. The van der Waals surface area contributed by atoms with Crippen molar-refractivity contribution >= 4 is 29.9 Å². The first-order chi connectivity index (χ1) is 12.6. The van der Waals surface area contributed by atoms with E-state index < -0.39 is 0 Å². The third kappa shape index (κ3) is 7.73. The van der Waals surface area contributed by atoms with Gasteiger partial charge in [-0.1, -0.05) is 13.0 Å². The number of ether oxygens (including phenoxy) is 3. The summed E-state index contributed by atoms with van der Waals surface area (Å²) in [6.45, 7) is 13.5. The summed E-state index contributed by atoms with van der Waals surface area (Å²) < 4.78 is 16.6. The SMILES string of the molecule is CCNC(=NCC1(C)COC1)NCCc1ccc(OCC)c(OCC)c1.I. The number of benzene rings is 1. The molecule has 0 saturated carbocycles. The molecular weight excluding hydrogens is 457 g/mol. The van der Waals surface area contributed by atoms with Crippen LogP contribution in [-0.4, -0.2) is 52.0 Å². The smallest absolute Gasteiger partial charge is 0.191 e. The lowest BCUT2D eigenvalue weighted by Gasteiger charge is -2.36. The van der Waals surface area contributed by atoms with Crippen molar-refractivity contribution in [3.8, 4) is 11.5 Å². The Hall–Kier alpha value is -1.22. The van der Waals surface area contributed by atoms with Crippen molar-refractivity contribution in [3.63, 3.8) is 0 Å². The molecule has 154 valence electrons. The van der Waals surface area contributed by atoms with Crippen LogP contribution < -0.4 is 20.1 Å². The van der Waals surface area contributed by atoms with E-state index in [4.69, 9.17) is 19.2 Å². The zero-order valence-corrected chi connectivity index (χ0v) is 19.3. The second kappa shape index (κ2) is 12.3. The van der Waals surface area contributed by atoms with E-state index >= 15 is 0 Å². The summed E-state index contributed by atoms with van der Waals surface area (Å²) in [4.78, 5) is 4.69. The van der Waals surface area contributed by atoms with Gasteiger partial charge < -0.3 is 24.8 Å². The number of hydrogen-bond acceptors (Lipinski definition) is 4. The molecular formula is C20H34IN3O3. The third-order valence-electron chi connectivity index (χ3n) is 4.18. The Labute approximate surface area is 180 Å². The first-order valence-electron chi connectivity index (χ1n) is 9.58. The molecule has 27 heavy (non-hydrogen) atoms. The van der Waals surface area contributed by atoms with Crippen LogP contribution in [0.1, 0.15) is 33.3 Å². The van der Waals surface area contributed by atoms with E-state index in [1.54, 1.807) is 0 Å². The highest BCUT2D eigenvalue weighted by Gasteiger charge is 2.33. The molecule has 1 heterocycles. The van der Waals surface area contributed by atoms with Crippen LogP contribution in [0, 0.1) is 5.41 Å². The lowest BCUT2D eigenvalue weighted by molar-refractivity contribution is -0.0945. The van der Waals surface area contributed by atoms with Gasteiger partial charge >= 0.3 is 0 Å². The van der Waals surface area contributed by atoms with Crippen LogP contribution in [0.2, 0.25) is 0 Å². The topological polar surface area (TPSA) is 64.1 Å². The zero-order valence-electron chi connectivity index (χ0n) is 17.0. The van der Waals surface area contributed by atoms with Crippen molar-refractivity contribution in [2.45, 2.75) is 34.1 Å². The Kier molecular flexibility index (Phi) is 10.8. The molecule has 7 heteroatoms. The van der Waals surface area contributed by atoms with Crippen molar-refractivity contribution in [1.82, 2.24) is 10.6 Å². The highest BCUT2D eigenvalue weighted by Crippen LogP contribution is 2.28. The molecule has 2 rings (SSSR count). The lowest BCUT2D eigenvalue weighted by Crippen LogP contribution is -2.44. The molecule has 1 aliphatic rings. The van der Waals surface area contributed by atoms with Crippen molar-refractivity contribution in [1.29, 1.82) is 0 Å². The molecule has 1 aromatic rings. The van der Waals surface area contributed by atoms with Gasteiger partial charge in [0.15, 0.2) is 17.5 Å². The summed E-state index contributed by atoms with van der Waals surface area (Å²) in [6.07, 6.45) is 0.886. The molecule has 1 aromatic carbocycles. The van der Waals surface area contributed by atoms with Gasteiger partial charge in [-0.3, -0.25) is 4.99 Å². The van der Waals surface area contributed by atoms with E-state index in [0.29, 0.717) is 13.2 Å². The van der Waals surface area contributed by atoms with Crippen molar-refractivity contribution in [3.05, 3.63) is 23.8 Å². The van der Waals surface area contributed by atoms with E-state index in [1.807, 2.05) is 19.9 Å². The summed E-state index contributed by atoms with van der Waals surface area (Å²) in [5, 5.41) is 6.71. The highest BCUT2D eigenvalue weighted by molar-refractivity contribution is 14.0. The number of rotatable bonds is 10. The van der Waals surface area contributed by atoms with Gasteiger partial charge in [0, 0.05) is 18.5 Å². The predicted octanol–water partition coefficient (Wildman–Crippen LogP) is 3.24. The molecule has 1 saturated heterocycles. The number of hydrogen-bond donors (Lipinski definition) is 2. The van der Waals surface area contributed by atoms with Crippen molar-refractivity contribution < 1.29 is 14.2 Å². The van der Waals surface area contributed by atoms with Gasteiger partial charge in [0.05, 0.1) is 33.0 Å². The average molecular weight is 491 g/mol. The fraction of sp³-hybridized carbons (Fsp3) is 0.650.